The van der Waals surface area contributed by atoms with Crippen LogP contribution in [0.3, 0.4) is 0 Å². The summed E-state index contributed by atoms with van der Waals surface area (Å²) in [4.78, 5) is 26.1. The van der Waals surface area contributed by atoms with Gasteiger partial charge in [-0.15, -0.1) is 0 Å². The Morgan fingerprint density at radius 3 is 2.68 bits per heavy atom. The van der Waals surface area contributed by atoms with Crippen LogP contribution in [0.1, 0.15) is 35.7 Å². The van der Waals surface area contributed by atoms with E-state index in [4.69, 9.17) is 4.74 Å². The number of hydrogen-bond acceptors (Lipinski definition) is 4. The molecule has 0 unspecified atom stereocenters. The Bertz CT molecular complexity index is 504. The molecule has 0 spiro atoms. The fraction of sp³-hybridized carbons (Fsp3) is 0.529. The average Bonchev–Trinajstić information content (AvgIpc) is 2.54. The molecule has 0 aromatic heterocycles. The number of ether oxygens (including phenoxy) is 1. The third-order valence-electron chi connectivity index (χ3n) is 3.57. The third kappa shape index (κ3) is 5.05. The average molecular weight is 323 g/mol. The molecule has 0 radical (unpaired) electrons. The van der Waals surface area contributed by atoms with Gasteiger partial charge in [0.25, 0.3) is 5.91 Å². The van der Waals surface area contributed by atoms with E-state index in [9.17, 15) is 9.59 Å². The van der Waals surface area contributed by atoms with Gasteiger partial charge in [0.2, 0.25) is 0 Å². The predicted octanol–water partition coefficient (Wildman–Crippen LogP) is 3.01. The normalized spacial score (nSPS) is 11.8. The van der Waals surface area contributed by atoms with E-state index in [2.05, 4.69) is 6.92 Å². The number of methoxy groups -OCH3 is 1. The van der Waals surface area contributed by atoms with Crippen molar-refractivity contribution in [1.29, 1.82) is 0 Å². The van der Waals surface area contributed by atoms with Crippen molar-refractivity contribution in [3.05, 3.63) is 35.4 Å². The molecule has 122 valence electrons. The van der Waals surface area contributed by atoms with Crippen molar-refractivity contribution in [3.8, 4) is 0 Å². The van der Waals surface area contributed by atoms with Gasteiger partial charge in [-0.2, -0.15) is 11.8 Å². The monoisotopic (exact) mass is 323 g/mol. The molecule has 0 saturated carbocycles. The summed E-state index contributed by atoms with van der Waals surface area (Å²) in [7, 11) is 3.02. The van der Waals surface area contributed by atoms with Crippen LogP contribution in [0.2, 0.25) is 0 Å². The maximum atomic E-state index is 12.6. The van der Waals surface area contributed by atoms with E-state index < -0.39 is 6.04 Å². The molecule has 1 aromatic carbocycles. The molecule has 0 aliphatic carbocycles. The maximum Gasteiger partial charge on any atom is 0.328 e. The highest BCUT2D eigenvalue weighted by Gasteiger charge is 2.27. The number of thioether (sulfide) groups is 1. The van der Waals surface area contributed by atoms with Crippen LogP contribution in [-0.2, 0) is 16.0 Å². The number of likely N-dealkylation sites (N-methyl/N-ethyl adjacent to an activating group) is 1. The zero-order chi connectivity index (χ0) is 16.5. The predicted molar refractivity (Wildman–Crippen MR) is 91.3 cm³/mol. The van der Waals surface area contributed by atoms with Gasteiger partial charge in [0.15, 0.2) is 0 Å². The molecule has 1 atom stereocenters. The molecule has 0 saturated heterocycles. The third-order valence-corrected chi connectivity index (χ3v) is 4.21. The number of hydrogen-bond donors (Lipinski definition) is 0. The van der Waals surface area contributed by atoms with Gasteiger partial charge in [0.05, 0.1) is 7.11 Å². The molecular weight excluding hydrogens is 298 g/mol. The smallest absolute Gasteiger partial charge is 0.328 e. The van der Waals surface area contributed by atoms with Crippen molar-refractivity contribution >= 4 is 23.6 Å². The molecule has 22 heavy (non-hydrogen) atoms. The van der Waals surface area contributed by atoms with Crippen LogP contribution in [0, 0.1) is 0 Å². The van der Waals surface area contributed by atoms with Gasteiger partial charge in [-0.05, 0) is 42.5 Å². The number of rotatable bonds is 8. The minimum absolute atomic E-state index is 0.144. The summed E-state index contributed by atoms with van der Waals surface area (Å²) in [5, 5.41) is 0. The molecule has 1 aromatic rings. The first-order chi connectivity index (χ1) is 10.5. The highest BCUT2D eigenvalue weighted by Crippen LogP contribution is 2.14. The zero-order valence-corrected chi connectivity index (χ0v) is 14.6. The Kier molecular flexibility index (Phi) is 8.02. The van der Waals surface area contributed by atoms with Crippen molar-refractivity contribution in [2.45, 2.75) is 32.2 Å². The summed E-state index contributed by atoms with van der Waals surface area (Å²) < 4.78 is 4.84. The van der Waals surface area contributed by atoms with E-state index in [1.165, 1.54) is 12.0 Å². The minimum atomic E-state index is -0.542. The van der Waals surface area contributed by atoms with Crippen molar-refractivity contribution in [1.82, 2.24) is 4.90 Å². The Balaban J connectivity index is 2.92. The van der Waals surface area contributed by atoms with Crippen LogP contribution < -0.4 is 0 Å². The summed E-state index contributed by atoms with van der Waals surface area (Å²) in [5.41, 5.74) is 1.76. The standard InChI is InChI=1S/C17H25NO3S/c1-5-7-13-8-6-9-14(12-13)16(19)18(2)15(10-11-22-4)17(20)21-3/h6,8-9,12,15H,5,7,10-11H2,1-4H3/t15-/m0/s1. The van der Waals surface area contributed by atoms with Gasteiger partial charge < -0.3 is 9.64 Å². The summed E-state index contributed by atoms with van der Waals surface area (Å²) in [6.07, 6.45) is 4.54. The second kappa shape index (κ2) is 9.51. The van der Waals surface area contributed by atoms with Crippen LogP contribution in [0.4, 0.5) is 0 Å². The quantitative estimate of drug-likeness (QED) is 0.690. The van der Waals surface area contributed by atoms with Crippen molar-refractivity contribution in [3.63, 3.8) is 0 Å². The molecule has 0 aliphatic rings. The Morgan fingerprint density at radius 1 is 1.36 bits per heavy atom. The fourth-order valence-electron chi connectivity index (χ4n) is 2.33. The van der Waals surface area contributed by atoms with Gasteiger partial charge in [-0.3, -0.25) is 4.79 Å². The molecule has 5 heteroatoms. The van der Waals surface area contributed by atoms with Gasteiger partial charge >= 0.3 is 5.97 Å². The number of carbonyl (C=O) groups excluding carboxylic acids is 2. The van der Waals surface area contributed by atoms with E-state index in [-0.39, 0.29) is 11.9 Å². The largest absolute Gasteiger partial charge is 0.467 e. The molecule has 1 rings (SSSR count). The molecule has 0 fully saturated rings. The van der Waals surface area contributed by atoms with E-state index >= 15 is 0 Å². The molecular formula is C17H25NO3S. The topological polar surface area (TPSA) is 46.6 Å². The lowest BCUT2D eigenvalue weighted by Gasteiger charge is -2.26. The van der Waals surface area contributed by atoms with Crippen molar-refractivity contribution in [2.75, 3.05) is 26.2 Å². The lowest BCUT2D eigenvalue weighted by Crippen LogP contribution is -2.43. The first kappa shape index (κ1) is 18.6. The molecule has 1 amide bonds. The first-order valence-electron chi connectivity index (χ1n) is 7.48. The van der Waals surface area contributed by atoms with Crippen molar-refractivity contribution < 1.29 is 14.3 Å². The Hall–Kier alpha value is -1.49. The number of amides is 1. The number of esters is 1. The van der Waals surface area contributed by atoms with Gasteiger partial charge in [0.1, 0.15) is 6.04 Å². The van der Waals surface area contributed by atoms with E-state index in [1.807, 2.05) is 24.5 Å². The van der Waals surface area contributed by atoms with Crippen LogP contribution in [-0.4, -0.2) is 49.0 Å². The highest BCUT2D eigenvalue weighted by atomic mass is 32.2. The summed E-state index contributed by atoms with van der Waals surface area (Å²) in [6, 6.07) is 7.07. The maximum absolute atomic E-state index is 12.6. The van der Waals surface area contributed by atoms with Crippen LogP contribution in [0.25, 0.3) is 0 Å². The Morgan fingerprint density at radius 2 is 2.09 bits per heavy atom. The molecule has 0 aliphatic heterocycles. The van der Waals surface area contributed by atoms with Gasteiger partial charge in [0, 0.05) is 12.6 Å². The Labute approximate surface area is 137 Å². The highest BCUT2D eigenvalue weighted by molar-refractivity contribution is 7.98. The lowest BCUT2D eigenvalue weighted by atomic mass is 10.1. The van der Waals surface area contributed by atoms with E-state index in [0.717, 1.165) is 24.2 Å². The minimum Gasteiger partial charge on any atom is -0.467 e. The zero-order valence-electron chi connectivity index (χ0n) is 13.8. The van der Waals surface area contributed by atoms with Crippen LogP contribution in [0.5, 0.6) is 0 Å². The number of nitrogens with zero attached hydrogens (tertiary/aromatic N) is 1. The summed E-state index contributed by atoms with van der Waals surface area (Å²) >= 11 is 1.65. The van der Waals surface area contributed by atoms with Gasteiger partial charge in [-0.25, -0.2) is 4.79 Å². The van der Waals surface area contributed by atoms with Crippen molar-refractivity contribution in [2.24, 2.45) is 0 Å². The van der Waals surface area contributed by atoms with Crippen LogP contribution in [0.15, 0.2) is 24.3 Å². The fourth-order valence-corrected chi connectivity index (χ4v) is 2.79. The SMILES string of the molecule is CCCc1cccc(C(=O)N(C)[C@@H](CCSC)C(=O)OC)c1. The number of aryl methyl sites for hydroxylation is 1. The summed E-state index contributed by atoms with van der Waals surface area (Å²) in [6.45, 7) is 2.11. The number of benzene rings is 1. The number of carbonyl (C=O) groups is 2. The molecule has 0 N–H and O–H groups in total. The van der Waals surface area contributed by atoms with Gasteiger partial charge in [-0.1, -0.05) is 25.5 Å². The van der Waals surface area contributed by atoms with Crippen LogP contribution >= 0.6 is 11.8 Å². The molecule has 0 heterocycles. The second-order valence-corrected chi connectivity index (χ2v) is 6.17. The summed E-state index contributed by atoms with van der Waals surface area (Å²) in [5.74, 6) is 0.289. The van der Waals surface area contributed by atoms with E-state index in [0.29, 0.717) is 12.0 Å². The first-order valence-corrected chi connectivity index (χ1v) is 8.87. The van der Waals surface area contributed by atoms with E-state index in [1.54, 1.807) is 24.9 Å². The molecule has 4 nitrogen and oxygen atoms in total. The second-order valence-electron chi connectivity index (χ2n) is 5.19. The molecule has 0 bridgehead atoms. The lowest BCUT2D eigenvalue weighted by molar-refractivity contribution is -0.145.